The fourth-order valence-electron chi connectivity index (χ4n) is 6.91. The molecule has 2 saturated heterocycles. The molecule has 2 aliphatic rings. The van der Waals surface area contributed by atoms with Crippen LogP contribution in [0.2, 0.25) is 18.0 Å². The van der Waals surface area contributed by atoms with Crippen LogP contribution in [0.3, 0.4) is 0 Å². The summed E-state index contributed by atoms with van der Waals surface area (Å²) in [6.45, 7) is 10.4. The summed E-state index contributed by atoms with van der Waals surface area (Å²) >= 11 is 0. The lowest BCUT2D eigenvalue weighted by molar-refractivity contribution is 0.440. The number of rotatable bonds is 8. The van der Waals surface area contributed by atoms with E-state index in [2.05, 4.69) is 64.1 Å². The minimum atomic E-state index is -0.275. The van der Waals surface area contributed by atoms with Gasteiger partial charge in [0, 0.05) is 0 Å². The van der Waals surface area contributed by atoms with Gasteiger partial charge in [-0.3, -0.25) is 0 Å². The number of aryl methyl sites for hydroxylation is 4. The largest absolute Gasteiger partial charge is 0.146 e. The molecule has 0 saturated carbocycles. The third kappa shape index (κ3) is 5.30. The van der Waals surface area contributed by atoms with Crippen LogP contribution in [0, 0.1) is 27.7 Å². The van der Waals surface area contributed by atoms with E-state index in [-0.39, 0.29) is 7.92 Å². The summed E-state index contributed by atoms with van der Waals surface area (Å²) in [5, 5.41) is 3.30. The van der Waals surface area contributed by atoms with Crippen molar-refractivity contribution in [3.8, 4) is 0 Å². The molecule has 0 N–H and O–H groups in total. The van der Waals surface area contributed by atoms with Crippen molar-refractivity contribution >= 4 is 25.2 Å². The van der Waals surface area contributed by atoms with Gasteiger partial charge in [0.25, 0.3) is 0 Å². The van der Waals surface area contributed by atoms with Gasteiger partial charge in [0.1, 0.15) is 6.71 Å². The van der Waals surface area contributed by atoms with Crippen molar-refractivity contribution in [3.63, 3.8) is 0 Å². The monoisotopic (exact) mass is 432 g/mol. The Morgan fingerprint density at radius 3 is 1.58 bits per heavy atom. The molecule has 2 aromatic rings. The fraction of sp³-hybridized carbons (Fsp3) is 0.586. The first-order valence-electron chi connectivity index (χ1n) is 13.0. The first-order valence-corrected chi connectivity index (χ1v) is 14.5. The number of hydrogen-bond acceptors (Lipinski definition) is 0. The van der Waals surface area contributed by atoms with E-state index in [4.69, 9.17) is 0 Å². The highest BCUT2D eigenvalue weighted by Crippen LogP contribution is 2.48. The second kappa shape index (κ2) is 10.7. The zero-order valence-corrected chi connectivity index (χ0v) is 21.3. The standard InChI is InChI=1S/C29H42BP/c1-22-12-8-13-23(2)28(22)31(29-24(3)14-9-15-25(29)4)21-7-5-6-20-30-26-16-10-17-27(30)19-11-18-26/h8-9,12-15,26-27H,5-7,10-11,16-21H2,1-4H3. The Labute approximate surface area is 193 Å². The summed E-state index contributed by atoms with van der Waals surface area (Å²) in [4.78, 5) is 0. The highest BCUT2D eigenvalue weighted by Gasteiger charge is 2.38. The zero-order chi connectivity index (χ0) is 21.8. The second-order valence-electron chi connectivity index (χ2n) is 10.5. The molecule has 4 rings (SSSR count). The maximum absolute atomic E-state index is 2.33. The lowest BCUT2D eigenvalue weighted by atomic mass is 9.26. The summed E-state index contributed by atoms with van der Waals surface area (Å²) in [7, 11) is -0.275. The molecule has 0 aliphatic carbocycles. The maximum Gasteiger partial charge on any atom is 0.146 e. The quantitative estimate of drug-likeness (QED) is 0.224. The highest BCUT2D eigenvalue weighted by molar-refractivity contribution is 7.73. The SMILES string of the molecule is Cc1cccc(C)c1P(CCCCCB1C2CCCC1CCC2)c1c(C)cccc1C. The predicted molar refractivity (Wildman–Crippen MR) is 143 cm³/mol. The Balaban J connectivity index is 1.42. The Morgan fingerprint density at radius 2 is 1.13 bits per heavy atom. The Bertz CT molecular complexity index is 759. The van der Waals surface area contributed by atoms with Crippen LogP contribution in [0.1, 0.15) is 80.0 Å². The summed E-state index contributed by atoms with van der Waals surface area (Å²) in [6.07, 6.45) is 16.3. The molecule has 2 heteroatoms. The zero-order valence-electron chi connectivity index (χ0n) is 20.4. The predicted octanol–water partition coefficient (Wildman–Crippen LogP) is 8.13. The Kier molecular flexibility index (Phi) is 7.98. The van der Waals surface area contributed by atoms with E-state index in [1.54, 1.807) is 10.6 Å². The van der Waals surface area contributed by atoms with Gasteiger partial charge in [-0.2, -0.15) is 0 Å². The van der Waals surface area contributed by atoms with Gasteiger partial charge in [0.2, 0.25) is 0 Å². The summed E-state index contributed by atoms with van der Waals surface area (Å²) in [5.41, 5.74) is 5.96. The molecule has 0 unspecified atom stereocenters. The van der Waals surface area contributed by atoms with E-state index in [1.165, 1.54) is 92.5 Å². The van der Waals surface area contributed by atoms with Crippen molar-refractivity contribution in [2.75, 3.05) is 6.16 Å². The van der Waals surface area contributed by atoms with Crippen LogP contribution < -0.4 is 10.6 Å². The normalized spacial score (nSPS) is 21.0. The molecular weight excluding hydrogens is 390 g/mol. The summed E-state index contributed by atoms with van der Waals surface area (Å²) < 4.78 is 0. The van der Waals surface area contributed by atoms with Gasteiger partial charge in [-0.1, -0.05) is 106 Å². The van der Waals surface area contributed by atoms with E-state index in [9.17, 15) is 0 Å². The van der Waals surface area contributed by atoms with Crippen LogP contribution in [-0.4, -0.2) is 12.9 Å². The van der Waals surface area contributed by atoms with Gasteiger partial charge in [-0.15, -0.1) is 0 Å². The number of unbranched alkanes of at least 4 members (excludes halogenated alkanes) is 2. The lowest BCUT2D eigenvalue weighted by Crippen LogP contribution is -2.34. The fourth-order valence-corrected chi connectivity index (χ4v) is 10.1. The van der Waals surface area contributed by atoms with Crippen molar-refractivity contribution < 1.29 is 0 Å². The topological polar surface area (TPSA) is 0 Å². The average Bonchev–Trinajstić information content (AvgIpc) is 2.72. The molecule has 2 fully saturated rings. The van der Waals surface area contributed by atoms with Gasteiger partial charge in [0.05, 0.1) is 0 Å². The molecule has 2 aromatic carbocycles. The first kappa shape index (κ1) is 23.1. The molecule has 2 heterocycles. The van der Waals surface area contributed by atoms with E-state index in [0.29, 0.717) is 0 Å². The summed E-state index contributed by atoms with van der Waals surface area (Å²) in [5.74, 6) is 2.16. The molecule has 0 spiro atoms. The van der Waals surface area contributed by atoms with Crippen molar-refractivity contribution in [3.05, 3.63) is 58.7 Å². The maximum atomic E-state index is 2.33. The number of fused-ring (bicyclic) bond motifs is 2. The van der Waals surface area contributed by atoms with E-state index in [1.807, 2.05) is 0 Å². The van der Waals surface area contributed by atoms with Gasteiger partial charge in [0.15, 0.2) is 0 Å². The minimum absolute atomic E-state index is 0.275. The third-order valence-corrected chi connectivity index (χ3v) is 11.6. The molecule has 166 valence electrons. The highest BCUT2D eigenvalue weighted by atomic mass is 31.1. The van der Waals surface area contributed by atoms with Crippen molar-refractivity contribution in [1.82, 2.24) is 0 Å². The van der Waals surface area contributed by atoms with Gasteiger partial charge in [-0.05, 0) is 81.1 Å². The van der Waals surface area contributed by atoms with E-state index < -0.39 is 0 Å². The third-order valence-electron chi connectivity index (χ3n) is 8.35. The molecule has 2 bridgehead atoms. The van der Waals surface area contributed by atoms with Gasteiger partial charge in [-0.25, -0.2) is 0 Å². The van der Waals surface area contributed by atoms with E-state index in [0.717, 1.165) is 18.3 Å². The van der Waals surface area contributed by atoms with Crippen molar-refractivity contribution in [1.29, 1.82) is 0 Å². The van der Waals surface area contributed by atoms with Crippen LogP contribution >= 0.6 is 7.92 Å². The molecule has 2 aliphatic heterocycles. The van der Waals surface area contributed by atoms with Crippen molar-refractivity contribution in [2.24, 2.45) is 0 Å². The molecule has 0 aromatic heterocycles. The lowest BCUT2D eigenvalue weighted by Gasteiger charge is -2.40. The smallest absolute Gasteiger partial charge is 0.0737 e. The van der Waals surface area contributed by atoms with Crippen LogP contribution in [0.25, 0.3) is 0 Å². The molecule has 0 radical (unpaired) electrons. The van der Waals surface area contributed by atoms with Crippen LogP contribution in [0.15, 0.2) is 36.4 Å². The number of hydrogen-bond donors (Lipinski definition) is 0. The Hall–Kier alpha value is -1.07. The van der Waals surface area contributed by atoms with Crippen LogP contribution in [0.4, 0.5) is 0 Å². The average molecular weight is 432 g/mol. The van der Waals surface area contributed by atoms with Gasteiger partial charge >= 0.3 is 0 Å². The minimum Gasteiger partial charge on any atom is -0.0737 e. The first-order chi connectivity index (χ1) is 15.1. The Morgan fingerprint density at radius 1 is 0.677 bits per heavy atom. The van der Waals surface area contributed by atoms with Crippen LogP contribution in [0.5, 0.6) is 0 Å². The van der Waals surface area contributed by atoms with Crippen molar-refractivity contribution in [2.45, 2.75) is 103 Å². The number of benzene rings is 2. The van der Waals surface area contributed by atoms with Crippen LogP contribution in [-0.2, 0) is 0 Å². The molecular formula is C29H42BP. The molecule has 0 amide bonds. The molecule has 0 nitrogen and oxygen atoms in total. The molecule has 0 atom stereocenters. The van der Waals surface area contributed by atoms with Gasteiger partial charge < -0.3 is 0 Å². The second-order valence-corrected chi connectivity index (χ2v) is 12.7. The summed E-state index contributed by atoms with van der Waals surface area (Å²) in [6, 6.07) is 13.8. The molecule has 31 heavy (non-hydrogen) atoms. The van der Waals surface area contributed by atoms with E-state index >= 15 is 0 Å².